The van der Waals surface area contributed by atoms with Crippen molar-refractivity contribution in [1.29, 1.82) is 0 Å². The van der Waals surface area contributed by atoms with Crippen LogP contribution in [0.1, 0.15) is 12.1 Å². The van der Waals surface area contributed by atoms with Crippen LogP contribution in [0.3, 0.4) is 0 Å². The molecule has 1 saturated heterocycles. The average molecular weight is 208 g/mol. The molecule has 0 saturated carbocycles. The first-order valence-corrected chi connectivity index (χ1v) is 5.10. The van der Waals surface area contributed by atoms with Gasteiger partial charge >= 0.3 is 0 Å². The van der Waals surface area contributed by atoms with Crippen LogP contribution in [0.5, 0.6) is 0 Å². The van der Waals surface area contributed by atoms with Gasteiger partial charge in [0.05, 0.1) is 17.5 Å². The number of likely N-dealkylation sites (tertiary alicyclic amines) is 1. The van der Waals surface area contributed by atoms with Gasteiger partial charge in [-0.05, 0) is 18.6 Å². The van der Waals surface area contributed by atoms with Crippen molar-refractivity contribution in [2.24, 2.45) is 5.84 Å². The monoisotopic (exact) mass is 208 g/mol. The summed E-state index contributed by atoms with van der Waals surface area (Å²) in [6.45, 7) is 2.44. The maximum atomic E-state index is 9.38. The van der Waals surface area contributed by atoms with E-state index in [1.807, 2.05) is 12.1 Å². The summed E-state index contributed by atoms with van der Waals surface area (Å²) in [5.41, 5.74) is 4.43. The lowest BCUT2D eigenvalue weighted by molar-refractivity contribution is 0.174. The Bertz CT molecular complexity index is 331. The van der Waals surface area contributed by atoms with Gasteiger partial charge in [0.2, 0.25) is 0 Å². The number of hydrazine groups is 1. The number of hydrogen-bond acceptors (Lipinski definition) is 5. The van der Waals surface area contributed by atoms with Crippen molar-refractivity contribution < 1.29 is 5.11 Å². The van der Waals surface area contributed by atoms with Gasteiger partial charge in [-0.15, -0.1) is 0 Å². The number of hydrogen-bond donors (Lipinski definition) is 3. The number of pyridine rings is 1. The SMILES string of the molecule is NNc1ccnc(CN2CCC(O)C2)c1. The molecule has 0 radical (unpaired) electrons. The van der Waals surface area contributed by atoms with Gasteiger partial charge in [0.1, 0.15) is 0 Å². The molecule has 5 nitrogen and oxygen atoms in total. The standard InChI is InChI=1S/C10H16N4O/c11-13-8-1-3-12-9(5-8)6-14-4-2-10(15)7-14/h1,3,5,10,15H,2,4,6-7,11H2,(H,12,13). The molecule has 1 aromatic heterocycles. The van der Waals surface area contributed by atoms with E-state index in [0.717, 1.165) is 37.4 Å². The predicted molar refractivity (Wildman–Crippen MR) is 57.9 cm³/mol. The molecule has 15 heavy (non-hydrogen) atoms. The smallest absolute Gasteiger partial charge is 0.0679 e. The summed E-state index contributed by atoms with van der Waals surface area (Å²) in [6.07, 6.45) is 2.41. The summed E-state index contributed by atoms with van der Waals surface area (Å²) < 4.78 is 0. The van der Waals surface area contributed by atoms with Gasteiger partial charge in [0.15, 0.2) is 0 Å². The molecule has 0 amide bonds. The van der Waals surface area contributed by atoms with Crippen molar-refractivity contribution in [1.82, 2.24) is 9.88 Å². The van der Waals surface area contributed by atoms with Gasteiger partial charge in [-0.25, -0.2) is 0 Å². The largest absolute Gasteiger partial charge is 0.392 e. The number of rotatable bonds is 3. The Morgan fingerprint density at radius 3 is 3.20 bits per heavy atom. The van der Waals surface area contributed by atoms with Gasteiger partial charge in [-0.3, -0.25) is 15.7 Å². The molecular weight excluding hydrogens is 192 g/mol. The van der Waals surface area contributed by atoms with Crippen molar-refractivity contribution in [3.8, 4) is 0 Å². The van der Waals surface area contributed by atoms with Crippen LogP contribution in [0.2, 0.25) is 0 Å². The lowest BCUT2D eigenvalue weighted by Gasteiger charge is -2.14. The molecule has 2 heterocycles. The second-order valence-corrected chi connectivity index (χ2v) is 3.86. The normalized spacial score (nSPS) is 21.9. The van der Waals surface area contributed by atoms with Gasteiger partial charge in [0.25, 0.3) is 0 Å². The van der Waals surface area contributed by atoms with E-state index in [2.05, 4.69) is 15.3 Å². The number of nitrogens with zero attached hydrogens (tertiary/aromatic N) is 2. The topological polar surface area (TPSA) is 74.4 Å². The van der Waals surface area contributed by atoms with E-state index in [0.29, 0.717) is 0 Å². The molecule has 1 atom stereocenters. The van der Waals surface area contributed by atoms with E-state index >= 15 is 0 Å². The van der Waals surface area contributed by atoms with E-state index < -0.39 is 0 Å². The number of nitrogens with two attached hydrogens (primary N) is 1. The molecule has 0 bridgehead atoms. The fourth-order valence-electron chi connectivity index (χ4n) is 1.84. The molecule has 4 N–H and O–H groups in total. The summed E-state index contributed by atoms with van der Waals surface area (Å²) in [5, 5.41) is 9.38. The maximum Gasteiger partial charge on any atom is 0.0679 e. The van der Waals surface area contributed by atoms with Crippen LogP contribution in [0, 0.1) is 0 Å². The zero-order valence-corrected chi connectivity index (χ0v) is 8.56. The molecule has 1 unspecified atom stereocenters. The first-order valence-electron chi connectivity index (χ1n) is 5.10. The average Bonchev–Trinajstić information content (AvgIpc) is 2.64. The summed E-state index contributed by atoms with van der Waals surface area (Å²) >= 11 is 0. The number of anilines is 1. The van der Waals surface area contributed by atoms with Crippen LogP contribution in [0.4, 0.5) is 5.69 Å². The minimum atomic E-state index is -0.180. The molecule has 1 aliphatic heterocycles. The molecule has 2 rings (SSSR count). The van der Waals surface area contributed by atoms with E-state index in [-0.39, 0.29) is 6.10 Å². The molecular formula is C10H16N4O. The van der Waals surface area contributed by atoms with Crippen molar-refractivity contribution in [2.45, 2.75) is 19.1 Å². The van der Waals surface area contributed by atoms with Crippen molar-refractivity contribution in [2.75, 3.05) is 18.5 Å². The van der Waals surface area contributed by atoms with Crippen molar-refractivity contribution >= 4 is 5.69 Å². The molecule has 5 heteroatoms. The number of nitrogens with one attached hydrogen (secondary N) is 1. The fourth-order valence-corrected chi connectivity index (χ4v) is 1.84. The Kier molecular flexibility index (Phi) is 3.15. The number of aromatic nitrogens is 1. The Morgan fingerprint density at radius 2 is 2.53 bits per heavy atom. The molecule has 1 fully saturated rings. The first-order chi connectivity index (χ1) is 7.28. The van der Waals surface area contributed by atoms with Crippen LogP contribution in [-0.4, -0.2) is 34.2 Å². The minimum absolute atomic E-state index is 0.180. The quantitative estimate of drug-likeness (QED) is 0.479. The van der Waals surface area contributed by atoms with E-state index in [9.17, 15) is 5.11 Å². The Hall–Kier alpha value is -1.17. The lowest BCUT2D eigenvalue weighted by atomic mass is 10.3. The highest BCUT2D eigenvalue weighted by molar-refractivity contribution is 5.41. The lowest BCUT2D eigenvalue weighted by Crippen LogP contribution is -2.22. The van der Waals surface area contributed by atoms with E-state index in [1.165, 1.54) is 0 Å². The molecule has 1 aromatic rings. The number of aliphatic hydroxyl groups excluding tert-OH is 1. The first kappa shape index (κ1) is 10.4. The van der Waals surface area contributed by atoms with Gasteiger partial charge in [0, 0.05) is 25.8 Å². The second kappa shape index (κ2) is 4.57. The Labute approximate surface area is 88.9 Å². The molecule has 0 spiro atoms. The zero-order chi connectivity index (χ0) is 10.7. The number of β-amino-alcohol motifs (C(OH)–C–C–N with tert-alkyl or cyclic N) is 1. The highest BCUT2D eigenvalue weighted by Gasteiger charge is 2.20. The van der Waals surface area contributed by atoms with Crippen molar-refractivity contribution in [3.05, 3.63) is 24.0 Å². The third-order valence-electron chi connectivity index (χ3n) is 2.62. The van der Waals surface area contributed by atoms with E-state index in [4.69, 9.17) is 5.84 Å². The molecule has 1 aliphatic rings. The zero-order valence-electron chi connectivity index (χ0n) is 8.56. The van der Waals surface area contributed by atoms with Gasteiger partial charge in [-0.2, -0.15) is 0 Å². The number of aliphatic hydroxyl groups is 1. The van der Waals surface area contributed by atoms with E-state index in [1.54, 1.807) is 6.20 Å². The maximum absolute atomic E-state index is 9.38. The molecule has 82 valence electrons. The van der Waals surface area contributed by atoms with Crippen LogP contribution >= 0.6 is 0 Å². The summed E-state index contributed by atoms with van der Waals surface area (Å²) in [7, 11) is 0. The number of nitrogen functional groups attached to an aromatic ring is 1. The summed E-state index contributed by atoms with van der Waals surface area (Å²) in [6, 6.07) is 3.74. The Balaban J connectivity index is 1.98. The fraction of sp³-hybridized carbons (Fsp3) is 0.500. The highest BCUT2D eigenvalue weighted by Crippen LogP contribution is 2.13. The van der Waals surface area contributed by atoms with Crippen molar-refractivity contribution in [3.63, 3.8) is 0 Å². The Morgan fingerprint density at radius 1 is 1.67 bits per heavy atom. The van der Waals surface area contributed by atoms with Crippen LogP contribution < -0.4 is 11.3 Å². The van der Waals surface area contributed by atoms with Gasteiger partial charge in [-0.1, -0.05) is 0 Å². The second-order valence-electron chi connectivity index (χ2n) is 3.86. The summed E-state index contributed by atoms with van der Waals surface area (Å²) in [4.78, 5) is 6.44. The third kappa shape index (κ3) is 2.65. The minimum Gasteiger partial charge on any atom is -0.392 e. The van der Waals surface area contributed by atoms with Crippen LogP contribution in [0.15, 0.2) is 18.3 Å². The third-order valence-corrected chi connectivity index (χ3v) is 2.62. The van der Waals surface area contributed by atoms with Gasteiger partial charge < -0.3 is 10.5 Å². The highest BCUT2D eigenvalue weighted by atomic mass is 16.3. The predicted octanol–water partition coefficient (Wildman–Crippen LogP) is -0.0662. The summed E-state index contributed by atoms with van der Waals surface area (Å²) in [5.74, 6) is 5.32. The molecule has 0 aromatic carbocycles. The van der Waals surface area contributed by atoms with Crippen LogP contribution in [-0.2, 0) is 6.54 Å². The van der Waals surface area contributed by atoms with Crippen LogP contribution in [0.25, 0.3) is 0 Å². The molecule has 0 aliphatic carbocycles.